The zero-order valence-electron chi connectivity index (χ0n) is 12.2. The Morgan fingerprint density at radius 2 is 2.14 bits per heavy atom. The molecule has 112 valence electrons. The number of amides is 1. The predicted octanol–water partition coefficient (Wildman–Crippen LogP) is 2.05. The molecule has 0 radical (unpaired) electrons. The molecular weight excluding hydrogens is 284 g/mol. The minimum atomic E-state index is 0.0600. The second-order valence-corrected chi connectivity index (χ2v) is 6.40. The van der Waals surface area contributed by atoms with Crippen molar-refractivity contribution in [2.75, 3.05) is 38.5 Å². The van der Waals surface area contributed by atoms with Crippen LogP contribution in [0, 0.1) is 0 Å². The number of nitrogens with two attached hydrogens (primary N) is 1. The molecule has 6 heteroatoms. The maximum Gasteiger partial charge on any atom is 0.266 e. The lowest BCUT2D eigenvalue weighted by atomic mass is 10.2. The van der Waals surface area contributed by atoms with Crippen molar-refractivity contribution in [3.63, 3.8) is 0 Å². The summed E-state index contributed by atoms with van der Waals surface area (Å²) < 4.78 is 0.975. The number of aromatic nitrogens is 1. The van der Waals surface area contributed by atoms with Gasteiger partial charge >= 0.3 is 0 Å². The second-order valence-electron chi connectivity index (χ2n) is 5.35. The van der Waals surface area contributed by atoms with E-state index < -0.39 is 0 Å². The number of carbonyl (C=O) groups excluding carboxylic acids is 1. The van der Waals surface area contributed by atoms with E-state index in [1.54, 1.807) is 12.4 Å². The number of hydrogen-bond donors (Lipinski definition) is 1. The summed E-state index contributed by atoms with van der Waals surface area (Å²) in [5.41, 5.74) is 6.74. The van der Waals surface area contributed by atoms with Crippen LogP contribution in [-0.4, -0.2) is 53.4 Å². The normalized spacial score (nSPS) is 16.5. The lowest BCUT2D eigenvalue weighted by Crippen LogP contribution is -2.48. The molecule has 2 N–H and O–H groups in total. The van der Waals surface area contributed by atoms with Gasteiger partial charge in [-0.15, -0.1) is 11.3 Å². The molecule has 0 atom stereocenters. The number of pyridine rings is 1. The van der Waals surface area contributed by atoms with Gasteiger partial charge in [0.15, 0.2) is 0 Å². The highest BCUT2D eigenvalue weighted by molar-refractivity contribution is 7.21. The fourth-order valence-corrected chi connectivity index (χ4v) is 3.82. The van der Waals surface area contributed by atoms with Crippen molar-refractivity contribution in [3.05, 3.63) is 23.3 Å². The summed E-state index contributed by atoms with van der Waals surface area (Å²) in [5, 5.41) is 0.933. The third-order valence-electron chi connectivity index (χ3n) is 3.92. The largest absolute Gasteiger partial charge is 0.397 e. The maximum absolute atomic E-state index is 12.7. The van der Waals surface area contributed by atoms with Crippen molar-refractivity contribution in [1.29, 1.82) is 0 Å². The third-order valence-corrected chi connectivity index (χ3v) is 5.07. The second kappa shape index (κ2) is 5.99. The Bertz CT molecular complexity index is 646. The van der Waals surface area contributed by atoms with Gasteiger partial charge in [0.05, 0.1) is 10.4 Å². The smallest absolute Gasteiger partial charge is 0.266 e. The fraction of sp³-hybridized carbons (Fsp3) is 0.467. The van der Waals surface area contributed by atoms with Gasteiger partial charge in [-0.3, -0.25) is 14.7 Å². The van der Waals surface area contributed by atoms with Crippen molar-refractivity contribution >= 4 is 33.0 Å². The number of nitrogen functional groups attached to an aromatic ring is 1. The van der Waals surface area contributed by atoms with E-state index >= 15 is 0 Å². The summed E-state index contributed by atoms with van der Waals surface area (Å²) in [5.74, 6) is 0.0600. The molecular formula is C15H20N4OS. The molecule has 5 nitrogen and oxygen atoms in total. The molecule has 1 saturated heterocycles. The molecule has 1 amide bonds. The number of nitrogens with zero attached hydrogens (tertiary/aromatic N) is 3. The quantitative estimate of drug-likeness (QED) is 0.942. The van der Waals surface area contributed by atoms with Crippen LogP contribution < -0.4 is 5.73 Å². The zero-order valence-corrected chi connectivity index (χ0v) is 13.0. The highest BCUT2D eigenvalue weighted by Crippen LogP contribution is 2.33. The van der Waals surface area contributed by atoms with Gasteiger partial charge in [-0.25, -0.2) is 0 Å². The molecule has 2 aromatic heterocycles. The first kappa shape index (κ1) is 14.3. The first-order valence-corrected chi connectivity index (χ1v) is 8.16. The summed E-state index contributed by atoms with van der Waals surface area (Å²) in [7, 11) is 0. The Hall–Kier alpha value is -1.66. The third kappa shape index (κ3) is 2.73. The van der Waals surface area contributed by atoms with Crippen molar-refractivity contribution in [2.45, 2.75) is 13.3 Å². The average Bonchev–Trinajstić information content (AvgIpc) is 2.85. The highest BCUT2D eigenvalue weighted by Gasteiger charge is 2.25. The highest BCUT2D eigenvalue weighted by atomic mass is 32.1. The van der Waals surface area contributed by atoms with Crippen LogP contribution in [0.2, 0.25) is 0 Å². The molecule has 3 rings (SSSR count). The van der Waals surface area contributed by atoms with Crippen LogP contribution in [0.4, 0.5) is 5.69 Å². The van der Waals surface area contributed by atoms with Crippen LogP contribution in [0.25, 0.3) is 10.1 Å². The topological polar surface area (TPSA) is 62.5 Å². The molecule has 1 fully saturated rings. The van der Waals surface area contributed by atoms with E-state index in [4.69, 9.17) is 5.73 Å². The standard InChI is InChI=1S/C15H20N4OS/c1-2-5-18-6-8-19(9-7-18)15(20)14-13(16)11-3-4-17-10-12(11)21-14/h3-4,10H,2,5-9,16H2,1H3. The first-order valence-electron chi connectivity index (χ1n) is 7.34. The minimum absolute atomic E-state index is 0.0600. The van der Waals surface area contributed by atoms with Gasteiger partial charge in [0.1, 0.15) is 4.88 Å². The van der Waals surface area contributed by atoms with Gasteiger partial charge < -0.3 is 10.6 Å². The fourth-order valence-electron chi connectivity index (χ4n) is 2.76. The van der Waals surface area contributed by atoms with Crippen LogP contribution in [0.1, 0.15) is 23.0 Å². The van der Waals surface area contributed by atoms with Crippen molar-refractivity contribution < 1.29 is 4.79 Å². The number of rotatable bonds is 3. The Morgan fingerprint density at radius 3 is 2.81 bits per heavy atom. The van der Waals surface area contributed by atoms with Gasteiger partial charge in [0.25, 0.3) is 5.91 Å². The number of fused-ring (bicyclic) bond motifs is 1. The Kier molecular flexibility index (Phi) is 4.07. The number of thiophene rings is 1. The van der Waals surface area contributed by atoms with Gasteiger partial charge in [-0.05, 0) is 19.0 Å². The van der Waals surface area contributed by atoms with E-state index in [1.807, 2.05) is 11.0 Å². The predicted molar refractivity (Wildman–Crippen MR) is 86.7 cm³/mol. The summed E-state index contributed by atoms with van der Waals surface area (Å²) in [6.07, 6.45) is 4.64. The number of hydrogen-bond acceptors (Lipinski definition) is 5. The summed E-state index contributed by atoms with van der Waals surface area (Å²) in [6, 6.07) is 1.87. The number of anilines is 1. The molecule has 0 saturated carbocycles. The van der Waals surface area contributed by atoms with Crippen LogP contribution in [0.3, 0.4) is 0 Å². The lowest BCUT2D eigenvalue weighted by Gasteiger charge is -2.34. The van der Waals surface area contributed by atoms with Crippen molar-refractivity contribution in [3.8, 4) is 0 Å². The molecule has 2 aromatic rings. The molecule has 21 heavy (non-hydrogen) atoms. The Labute approximate surface area is 128 Å². The van der Waals surface area contributed by atoms with E-state index in [0.717, 1.165) is 49.2 Å². The number of piperazine rings is 1. The molecule has 1 aliphatic heterocycles. The summed E-state index contributed by atoms with van der Waals surface area (Å²) in [6.45, 7) is 6.76. The van der Waals surface area contributed by atoms with Crippen LogP contribution in [0.15, 0.2) is 18.5 Å². The molecule has 0 bridgehead atoms. The van der Waals surface area contributed by atoms with Gasteiger partial charge in [0.2, 0.25) is 0 Å². The van der Waals surface area contributed by atoms with Crippen molar-refractivity contribution in [1.82, 2.24) is 14.8 Å². The van der Waals surface area contributed by atoms with Gasteiger partial charge in [-0.2, -0.15) is 0 Å². The van der Waals surface area contributed by atoms with E-state index in [-0.39, 0.29) is 5.91 Å². The molecule has 0 unspecified atom stereocenters. The first-order chi connectivity index (χ1) is 10.2. The van der Waals surface area contributed by atoms with Crippen LogP contribution in [0.5, 0.6) is 0 Å². The van der Waals surface area contributed by atoms with E-state index in [9.17, 15) is 4.79 Å². The monoisotopic (exact) mass is 304 g/mol. The Balaban J connectivity index is 1.77. The lowest BCUT2D eigenvalue weighted by molar-refractivity contribution is 0.0643. The SMILES string of the molecule is CCCN1CCN(C(=O)c2sc3cnccc3c2N)CC1. The molecule has 3 heterocycles. The van der Waals surface area contributed by atoms with Gasteiger partial charge in [0, 0.05) is 44.0 Å². The zero-order chi connectivity index (χ0) is 14.8. The summed E-state index contributed by atoms with van der Waals surface area (Å²) in [4.78, 5) is 21.7. The molecule has 0 spiro atoms. The maximum atomic E-state index is 12.7. The van der Waals surface area contributed by atoms with Crippen molar-refractivity contribution in [2.24, 2.45) is 0 Å². The molecule has 0 aromatic carbocycles. The summed E-state index contributed by atoms with van der Waals surface area (Å²) >= 11 is 1.44. The number of carbonyl (C=O) groups is 1. The van der Waals surface area contributed by atoms with Crippen LogP contribution in [-0.2, 0) is 0 Å². The molecule has 0 aliphatic carbocycles. The van der Waals surface area contributed by atoms with E-state index in [1.165, 1.54) is 11.3 Å². The van der Waals surface area contributed by atoms with Crippen LogP contribution >= 0.6 is 11.3 Å². The van der Waals surface area contributed by atoms with E-state index in [0.29, 0.717) is 10.6 Å². The van der Waals surface area contributed by atoms with Gasteiger partial charge in [-0.1, -0.05) is 6.92 Å². The minimum Gasteiger partial charge on any atom is -0.397 e. The molecule has 1 aliphatic rings. The Morgan fingerprint density at radius 1 is 1.38 bits per heavy atom. The average molecular weight is 304 g/mol. The van der Waals surface area contributed by atoms with E-state index in [2.05, 4.69) is 16.8 Å².